The molecule has 3 aromatic heterocycles. The van der Waals surface area contributed by atoms with Crippen molar-refractivity contribution in [3.63, 3.8) is 0 Å². The van der Waals surface area contributed by atoms with Crippen LogP contribution in [-0.4, -0.2) is 31.8 Å². The van der Waals surface area contributed by atoms with Gasteiger partial charge in [-0.1, -0.05) is 42.1 Å². The van der Waals surface area contributed by atoms with Crippen molar-refractivity contribution in [3.8, 4) is 22.7 Å². The molecule has 5 aromatic rings. The van der Waals surface area contributed by atoms with Crippen LogP contribution in [0.2, 0.25) is 0 Å². The number of H-pyrrole nitrogens is 1. The topological polar surface area (TPSA) is 96.7 Å². The van der Waals surface area contributed by atoms with Gasteiger partial charge in [-0.3, -0.25) is 4.79 Å². The Balaban J connectivity index is 1.21. The largest absolute Gasteiger partial charge is 0.411 e. The van der Waals surface area contributed by atoms with Crippen LogP contribution in [0.15, 0.2) is 63.7 Å². The second-order valence-corrected chi connectivity index (χ2v) is 9.08. The van der Waals surface area contributed by atoms with E-state index < -0.39 is 0 Å². The van der Waals surface area contributed by atoms with Gasteiger partial charge < -0.3 is 14.7 Å². The molecule has 160 valence electrons. The Morgan fingerprint density at radius 3 is 2.91 bits per heavy atom. The summed E-state index contributed by atoms with van der Waals surface area (Å²) in [5.41, 5.74) is 6.17. The van der Waals surface area contributed by atoms with Gasteiger partial charge in [0.05, 0.1) is 17.0 Å². The van der Waals surface area contributed by atoms with Gasteiger partial charge in [-0.2, -0.15) is 0 Å². The maximum Gasteiger partial charge on any atom is 0.277 e. The van der Waals surface area contributed by atoms with Crippen molar-refractivity contribution >= 4 is 45.0 Å². The first-order valence-corrected chi connectivity index (χ1v) is 11.8. The van der Waals surface area contributed by atoms with Gasteiger partial charge in [-0.25, -0.2) is 4.98 Å². The molecule has 0 saturated carbocycles. The van der Waals surface area contributed by atoms with Gasteiger partial charge >= 0.3 is 0 Å². The number of aryl methyl sites for hydroxylation is 2. The van der Waals surface area contributed by atoms with Gasteiger partial charge in [-0.15, -0.1) is 21.5 Å². The fraction of sp³-hybridized carbons (Fsp3) is 0.130. The molecule has 5 rings (SSSR count). The van der Waals surface area contributed by atoms with E-state index in [0.717, 1.165) is 27.7 Å². The van der Waals surface area contributed by atoms with Gasteiger partial charge in [0, 0.05) is 28.0 Å². The zero-order chi connectivity index (χ0) is 22.1. The molecule has 0 unspecified atom stereocenters. The fourth-order valence-electron chi connectivity index (χ4n) is 3.27. The summed E-state index contributed by atoms with van der Waals surface area (Å²) in [7, 11) is 0. The predicted octanol–water partition coefficient (Wildman–Crippen LogP) is 5.69. The third kappa shape index (κ3) is 4.17. The maximum atomic E-state index is 12.4. The summed E-state index contributed by atoms with van der Waals surface area (Å²) in [5.74, 6) is 0.389. The molecule has 1 amide bonds. The molecule has 0 atom stereocenters. The second kappa shape index (κ2) is 8.60. The summed E-state index contributed by atoms with van der Waals surface area (Å²) in [5, 5.41) is 14.9. The van der Waals surface area contributed by atoms with Gasteiger partial charge in [-0.05, 0) is 37.1 Å². The number of benzene rings is 2. The Bertz CT molecular complexity index is 1420. The van der Waals surface area contributed by atoms with E-state index in [2.05, 4.69) is 51.5 Å². The second-order valence-electron chi connectivity index (χ2n) is 7.29. The third-order valence-corrected chi connectivity index (χ3v) is 6.68. The van der Waals surface area contributed by atoms with Crippen molar-refractivity contribution in [1.29, 1.82) is 0 Å². The number of fused-ring (bicyclic) bond motifs is 1. The Morgan fingerprint density at radius 1 is 1.16 bits per heavy atom. The highest BCUT2D eigenvalue weighted by Crippen LogP contribution is 2.30. The van der Waals surface area contributed by atoms with Crippen LogP contribution in [0.25, 0.3) is 33.6 Å². The van der Waals surface area contributed by atoms with Crippen LogP contribution >= 0.6 is 23.1 Å². The first-order valence-electron chi connectivity index (χ1n) is 9.92. The van der Waals surface area contributed by atoms with Gasteiger partial charge in [0.1, 0.15) is 0 Å². The van der Waals surface area contributed by atoms with E-state index in [9.17, 15) is 4.79 Å². The number of hydrogen-bond acceptors (Lipinski definition) is 7. The zero-order valence-electron chi connectivity index (χ0n) is 17.4. The molecule has 2 aromatic carbocycles. The lowest BCUT2D eigenvalue weighted by Crippen LogP contribution is -2.13. The van der Waals surface area contributed by atoms with Crippen molar-refractivity contribution in [2.45, 2.75) is 19.1 Å². The minimum absolute atomic E-state index is 0.147. The van der Waals surface area contributed by atoms with Gasteiger partial charge in [0.25, 0.3) is 11.1 Å². The number of anilines is 1. The van der Waals surface area contributed by atoms with E-state index in [-0.39, 0.29) is 11.7 Å². The number of nitrogens with zero attached hydrogens (tertiary/aromatic N) is 3. The van der Waals surface area contributed by atoms with E-state index in [1.807, 2.05) is 41.9 Å². The SMILES string of the molecule is Cc1ccc(-c2csc(NC(=O)CSc3nnc(-c4c[nH]c5ccccc45)o3)n2)cc1C. The summed E-state index contributed by atoms with van der Waals surface area (Å²) in [6.45, 7) is 4.16. The van der Waals surface area contributed by atoms with Crippen LogP contribution in [0, 0.1) is 13.8 Å². The Morgan fingerprint density at radius 2 is 2.03 bits per heavy atom. The third-order valence-electron chi connectivity index (χ3n) is 5.11. The number of para-hydroxylation sites is 1. The number of rotatable bonds is 6. The van der Waals surface area contributed by atoms with Crippen molar-refractivity contribution in [3.05, 3.63) is 65.2 Å². The minimum Gasteiger partial charge on any atom is -0.411 e. The van der Waals surface area contributed by atoms with Crippen molar-refractivity contribution in [2.75, 3.05) is 11.1 Å². The predicted molar refractivity (Wildman–Crippen MR) is 128 cm³/mol. The van der Waals surface area contributed by atoms with Crippen LogP contribution in [-0.2, 0) is 4.79 Å². The van der Waals surface area contributed by atoms with E-state index >= 15 is 0 Å². The number of hydrogen-bond donors (Lipinski definition) is 2. The lowest BCUT2D eigenvalue weighted by Gasteiger charge is -2.02. The number of amides is 1. The summed E-state index contributed by atoms with van der Waals surface area (Å²) in [6, 6.07) is 14.1. The molecule has 0 aliphatic carbocycles. The van der Waals surface area contributed by atoms with E-state index in [1.165, 1.54) is 34.2 Å². The fourth-order valence-corrected chi connectivity index (χ4v) is 4.57. The molecule has 0 spiro atoms. The van der Waals surface area contributed by atoms with Crippen LogP contribution < -0.4 is 5.32 Å². The van der Waals surface area contributed by atoms with Crippen LogP contribution in [0.4, 0.5) is 5.13 Å². The number of thioether (sulfide) groups is 1. The molecular formula is C23H19N5O2S2. The standard InChI is InChI=1S/C23H19N5O2S2/c1-13-7-8-15(9-14(13)2)19-11-31-22(25-19)26-20(29)12-32-23-28-27-21(30-23)17-10-24-18-6-4-3-5-16(17)18/h3-11,24H,12H2,1-2H3,(H,25,26,29). The highest BCUT2D eigenvalue weighted by Gasteiger charge is 2.15. The monoisotopic (exact) mass is 461 g/mol. The normalized spacial score (nSPS) is 11.2. The number of carbonyl (C=O) groups excluding carboxylic acids is 1. The maximum absolute atomic E-state index is 12.4. The van der Waals surface area contributed by atoms with Crippen molar-refractivity contribution < 1.29 is 9.21 Å². The smallest absolute Gasteiger partial charge is 0.277 e. The number of thiazole rings is 1. The molecule has 7 nitrogen and oxygen atoms in total. The molecular weight excluding hydrogens is 442 g/mol. The summed E-state index contributed by atoms with van der Waals surface area (Å²) >= 11 is 2.59. The average molecular weight is 462 g/mol. The molecule has 0 fully saturated rings. The Kier molecular flexibility index (Phi) is 5.50. The minimum atomic E-state index is -0.178. The first-order chi connectivity index (χ1) is 15.6. The Labute approximate surface area is 192 Å². The highest BCUT2D eigenvalue weighted by atomic mass is 32.2. The molecule has 0 bridgehead atoms. The number of carbonyl (C=O) groups is 1. The molecule has 2 N–H and O–H groups in total. The van der Waals surface area contributed by atoms with Gasteiger partial charge in [0.2, 0.25) is 5.91 Å². The van der Waals surface area contributed by atoms with Crippen LogP contribution in [0.3, 0.4) is 0 Å². The van der Waals surface area contributed by atoms with E-state index in [1.54, 1.807) is 0 Å². The van der Waals surface area contributed by atoms with Crippen LogP contribution in [0.1, 0.15) is 11.1 Å². The van der Waals surface area contributed by atoms with Crippen molar-refractivity contribution in [2.24, 2.45) is 0 Å². The van der Waals surface area contributed by atoms with E-state index in [0.29, 0.717) is 16.2 Å². The molecule has 32 heavy (non-hydrogen) atoms. The molecule has 9 heteroatoms. The van der Waals surface area contributed by atoms with Gasteiger partial charge in [0.15, 0.2) is 5.13 Å². The molecule has 3 heterocycles. The molecule has 0 saturated heterocycles. The zero-order valence-corrected chi connectivity index (χ0v) is 19.0. The van der Waals surface area contributed by atoms with E-state index in [4.69, 9.17) is 4.42 Å². The number of aromatic amines is 1. The number of aromatic nitrogens is 4. The lowest BCUT2D eigenvalue weighted by molar-refractivity contribution is -0.113. The molecule has 0 aliphatic heterocycles. The molecule has 0 aliphatic rings. The summed E-state index contributed by atoms with van der Waals surface area (Å²) in [4.78, 5) is 20.1. The average Bonchev–Trinajstić information content (AvgIpc) is 3.53. The summed E-state index contributed by atoms with van der Waals surface area (Å²) < 4.78 is 5.75. The quantitative estimate of drug-likeness (QED) is 0.315. The molecule has 0 radical (unpaired) electrons. The van der Waals surface area contributed by atoms with Crippen LogP contribution in [0.5, 0.6) is 0 Å². The highest BCUT2D eigenvalue weighted by molar-refractivity contribution is 7.99. The first kappa shape index (κ1) is 20.5. The lowest BCUT2D eigenvalue weighted by atomic mass is 10.1. The number of nitrogens with one attached hydrogen (secondary N) is 2. The summed E-state index contributed by atoms with van der Waals surface area (Å²) in [6.07, 6.45) is 1.84. The van der Waals surface area contributed by atoms with Crippen molar-refractivity contribution in [1.82, 2.24) is 20.2 Å². The Hall–Kier alpha value is -3.43.